The van der Waals surface area contributed by atoms with E-state index < -0.39 is 0 Å². The van der Waals surface area contributed by atoms with Gasteiger partial charge >= 0.3 is 0 Å². The summed E-state index contributed by atoms with van der Waals surface area (Å²) in [5.74, 6) is 0. The molecule has 0 unspecified atom stereocenters. The molecular weight excluding hydrogens is 380 g/mol. The number of halogens is 2. The van der Waals surface area contributed by atoms with Gasteiger partial charge in [0.15, 0.2) is 5.11 Å². The largest absolute Gasteiger partial charge is 0.332 e. The number of thiocarbonyl (C=S) groups is 1. The van der Waals surface area contributed by atoms with Crippen molar-refractivity contribution >= 4 is 56.2 Å². The minimum Gasteiger partial charge on any atom is -0.332 e. The number of aryl methyl sites for hydroxylation is 1. The number of unbranched alkanes of at least 4 members (excludes halogenated alkanes) is 1. The zero-order valence-electron chi connectivity index (χ0n) is 12.3. The molecule has 0 aliphatic carbocycles. The van der Waals surface area contributed by atoms with Crippen LogP contribution in [-0.2, 0) is 6.42 Å². The molecule has 2 nitrogen and oxygen atoms in total. The molecule has 0 radical (unpaired) electrons. The minimum atomic E-state index is 0.541. The fourth-order valence-electron chi connectivity index (χ4n) is 2.00. The van der Waals surface area contributed by atoms with Crippen LogP contribution in [0.2, 0.25) is 5.02 Å². The lowest BCUT2D eigenvalue weighted by Crippen LogP contribution is -2.19. The van der Waals surface area contributed by atoms with E-state index in [0.29, 0.717) is 10.1 Å². The highest BCUT2D eigenvalue weighted by Gasteiger charge is 2.02. The zero-order chi connectivity index (χ0) is 15.9. The van der Waals surface area contributed by atoms with Crippen molar-refractivity contribution in [2.24, 2.45) is 0 Å². The Hall–Kier alpha value is -1.10. The van der Waals surface area contributed by atoms with Crippen LogP contribution in [0.5, 0.6) is 0 Å². The Morgan fingerprint density at radius 3 is 2.36 bits per heavy atom. The summed E-state index contributed by atoms with van der Waals surface area (Å²) in [6, 6.07) is 14.0. The first-order valence-electron chi connectivity index (χ1n) is 7.20. The Morgan fingerprint density at radius 2 is 1.73 bits per heavy atom. The maximum absolute atomic E-state index is 6.07. The molecular formula is C17H18BrClN2S. The molecule has 0 saturated carbocycles. The second-order valence-corrected chi connectivity index (χ2v) is 6.68. The topological polar surface area (TPSA) is 24.1 Å². The van der Waals surface area contributed by atoms with E-state index in [1.165, 1.54) is 18.4 Å². The Bertz CT molecular complexity index is 644. The molecule has 0 heterocycles. The maximum atomic E-state index is 6.07. The Morgan fingerprint density at radius 1 is 1.09 bits per heavy atom. The van der Waals surface area contributed by atoms with Crippen molar-refractivity contribution in [3.05, 3.63) is 57.5 Å². The smallest absolute Gasteiger partial charge is 0.175 e. The molecule has 0 amide bonds. The van der Waals surface area contributed by atoms with Gasteiger partial charge in [0.1, 0.15) is 0 Å². The maximum Gasteiger partial charge on any atom is 0.175 e. The molecule has 0 saturated heterocycles. The quantitative estimate of drug-likeness (QED) is 0.583. The van der Waals surface area contributed by atoms with Crippen molar-refractivity contribution in [1.29, 1.82) is 0 Å². The van der Waals surface area contributed by atoms with Crippen molar-refractivity contribution in [2.45, 2.75) is 26.2 Å². The van der Waals surface area contributed by atoms with Crippen LogP contribution in [0, 0.1) is 0 Å². The van der Waals surface area contributed by atoms with Crippen LogP contribution in [0.4, 0.5) is 11.4 Å². The number of anilines is 2. The van der Waals surface area contributed by atoms with E-state index in [1.807, 2.05) is 30.3 Å². The predicted molar refractivity (Wildman–Crippen MR) is 104 cm³/mol. The molecule has 2 N–H and O–H groups in total. The molecule has 2 aromatic rings. The highest BCUT2D eigenvalue weighted by molar-refractivity contribution is 9.10. The highest BCUT2D eigenvalue weighted by Crippen LogP contribution is 2.25. The third kappa shape index (κ3) is 5.27. The Labute approximate surface area is 150 Å². The fraction of sp³-hybridized carbons (Fsp3) is 0.235. The van der Waals surface area contributed by atoms with E-state index in [2.05, 4.69) is 45.6 Å². The van der Waals surface area contributed by atoms with Crippen LogP contribution < -0.4 is 10.6 Å². The van der Waals surface area contributed by atoms with Crippen molar-refractivity contribution in [1.82, 2.24) is 0 Å². The van der Waals surface area contributed by atoms with Crippen LogP contribution in [0.15, 0.2) is 46.9 Å². The van der Waals surface area contributed by atoms with Crippen molar-refractivity contribution in [2.75, 3.05) is 10.6 Å². The molecule has 0 atom stereocenters. The third-order valence-corrected chi connectivity index (χ3v) is 4.64. The normalized spacial score (nSPS) is 10.3. The minimum absolute atomic E-state index is 0.541. The molecule has 116 valence electrons. The summed E-state index contributed by atoms with van der Waals surface area (Å²) >= 11 is 14.8. The molecule has 2 aromatic carbocycles. The van der Waals surface area contributed by atoms with Crippen molar-refractivity contribution in [3.63, 3.8) is 0 Å². The summed E-state index contributed by atoms with van der Waals surface area (Å²) in [5.41, 5.74) is 3.18. The first-order valence-corrected chi connectivity index (χ1v) is 8.78. The van der Waals surface area contributed by atoms with Gasteiger partial charge in [0.2, 0.25) is 0 Å². The molecule has 0 aromatic heterocycles. The number of nitrogens with one attached hydrogen (secondary N) is 2. The second kappa shape index (κ2) is 8.51. The van der Waals surface area contributed by atoms with E-state index in [-0.39, 0.29) is 0 Å². The highest BCUT2D eigenvalue weighted by atomic mass is 79.9. The van der Waals surface area contributed by atoms with Gasteiger partial charge in [0, 0.05) is 15.8 Å². The average Bonchev–Trinajstić information content (AvgIpc) is 2.50. The van der Waals surface area contributed by atoms with Gasteiger partial charge in [0.25, 0.3) is 0 Å². The van der Waals surface area contributed by atoms with E-state index in [1.54, 1.807) is 0 Å². The van der Waals surface area contributed by atoms with Gasteiger partial charge in [-0.05, 0) is 76.9 Å². The standard InChI is InChI=1S/C17H18BrClN2S/c1-2-3-4-12-5-7-13(8-6-12)20-17(22)21-14-9-10-15(18)16(19)11-14/h5-11H,2-4H2,1H3,(H2,20,21,22). The van der Waals surface area contributed by atoms with Gasteiger partial charge in [-0.3, -0.25) is 0 Å². The molecule has 0 aliphatic heterocycles. The second-order valence-electron chi connectivity index (χ2n) is 5.01. The Balaban J connectivity index is 1.92. The summed E-state index contributed by atoms with van der Waals surface area (Å²) in [4.78, 5) is 0. The van der Waals surface area contributed by atoms with E-state index >= 15 is 0 Å². The summed E-state index contributed by atoms with van der Waals surface area (Å²) in [6.45, 7) is 2.20. The van der Waals surface area contributed by atoms with Gasteiger partial charge < -0.3 is 10.6 Å². The number of hydrogen-bond donors (Lipinski definition) is 2. The van der Waals surface area contributed by atoms with Crippen LogP contribution >= 0.6 is 39.7 Å². The lowest BCUT2D eigenvalue weighted by Gasteiger charge is -2.11. The lowest BCUT2D eigenvalue weighted by molar-refractivity contribution is 0.795. The zero-order valence-corrected chi connectivity index (χ0v) is 15.5. The lowest BCUT2D eigenvalue weighted by atomic mass is 10.1. The summed E-state index contributed by atoms with van der Waals surface area (Å²) in [6.07, 6.45) is 3.55. The van der Waals surface area contributed by atoms with E-state index in [0.717, 1.165) is 22.3 Å². The first-order chi connectivity index (χ1) is 10.6. The monoisotopic (exact) mass is 396 g/mol. The van der Waals surface area contributed by atoms with Crippen LogP contribution in [0.25, 0.3) is 0 Å². The van der Waals surface area contributed by atoms with Gasteiger partial charge in [-0.1, -0.05) is 37.1 Å². The van der Waals surface area contributed by atoms with Crippen LogP contribution in [-0.4, -0.2) is 5.11 Å². The summed E-state index contributed by atoms with van der Waals surface area (Å²) < 4.78 is 0.862. The van der Waals surface area contributed by atoms with Gasteiger partial charge in [-0.2, -0.15) is 0 Å². The Kier molecular flexibility index (Phi) is 6.68. The molecule has 0 spiro atoms. The average molecular weight is 398 g/mol. The van der Waals surface area contributed by atoms with E-state index in [9.17, 15) is 0 Å². The predicted octanol–water partition coefficient (Wildman–Crippen LogP) is 6.25. The van der Waals surface area contributed by atoms with Gasteiger partial charge in [-0.25, -0.2) is 0 Å². The van der Waals surface area contributed by atoms with Crippen molar-refractivity contribution < 1.29 is 0 Å². The van der Waals surface area contributed by atoms with Gasteiger partial charge in [0.05, 0.1) is 5.02 Å². The van der Waals surface area contributed by atoms with Crippen molar-refractivity contribution in [3.8, 4) is 0 Å². The molecule has 5 heteroatoms. The number of benzene rings is 2. The summed E-state index contributed by atoms with van der Waals surface area (Å²) in [7, 11) is 0. The molecule has 0 fully saturated rings. The number of rotatable bonds is 5. The number of hydrogen-bond acceptors (Lipinski definition) is 1. The van der Waals surface area contributed by atoms with Crippen LogP contribution in [0.3, 0.4) is 0 Å². The van der Waals surface area contributed by atoms with Crippen LogP contribution in [0.1, 0.15) is 25.3 Å². The fourth-order valence-corrected chi connectivity index (χ4v) is 2.67. The summed E-state index contributed by atoms with van der Waals surface area (Å²) in [5, 5.41) is 7.48. The van der Waals surface area contributed by atoms with Gasteiger partial charge in [-0.15, -0.1) is 0 Å². The molecule has 22 heavy (non-hydrogen) atoms. The molecule has 0 aliphatic rings. The SMILES string of the molecule is CCCCc1ccc(NC(=S)Nc2ccc(Br)c(Cl)c2)cc1. The molecule has 0 bridgehead atoms. The third-order valence-electron chi connectivity index (χ3n) is 3.21. The molecule has 2 rings (SSSR count). The van der Waals surface area contributed by atoms with E-state index in [4.69, 9.17) is 23.8 Å². The first kappa shape index (κ1) is 17.3.